The highest BCUT2D eigenvalue weighted by Gasteiger charge is 2.28. The first-order valence-electron chi connectivity index (χ1n) is 3.94. The normalized spacial score (nSPS) is 14.4. The minimum atomic E-state index is -4.14. The molecule has 0 aliphatic heterocycles. The zero-order chi connectivity index (χ0) is 9.78. The first kappa shape index (κ1) is 11.5. The van der Waals surface area contributed by atoms with Gasteiger partial charge in [-0.3, -0.25) is 4.79 Å². The van der Waals surface area contributed by atoms with E-state index in [0.717, 1.165) is 0 Å². The summed E-state index contributed by atoms with van der Waals surface area (Å²) in [6, 6.07) is 0. The predicted octanol–water partition coefficient (Wildman–Crippen LogP) is 2.94. The maximum Gasteiger partial charge on any atom is 0.389 e. The van der Waals surface area contributed by atoms with Gasteiger partial charge in [-0.15, -0.1) is 0 Å². The first-order chi connectivity index (χ1) is 5.37. The molecule has 0 rings (SSSR count). The van der Waals surface area contributed by atoms with Crippen LogP contribution in [0.15, 0.2) is 0 Å². The molecule has 1 atom stereocenters. The molecule has 0 N–H and O–H groups in total. The lowest BCUT2D eigenvalue weighted by atomic mass is 9.96. The van der Waals surface area contributed by atoms with Gasteiger partial charge in [0.25, 0.3) is 0 Å². The van der Waals surface area contributed by atoms with Crippen LogP contribution in [-0.2, 0) is 4.79 Å². The summed E-state index contributed by atoms with van der Waals surface area (Å²) in [5.41, 5.74) is 0. The van der Waals surface area contributed by atoms with E-state index < -0.39 is 18.5 Å². The van der Waals surface area contributed by atoms with Crippen LogP contribution in [0.25, 0.3) is 0 Å². The number of halogens is 3. The van der Waals surface area contributed by atoms with E-state index in [1.54, 1.807) is 6.92 Å². The summed E-state index contributed by atoms with van der Waals surface area (Å²) in [6.07, 6.45) is -4.57. The van der Waals surface area contributed by atoms with Crippen molar-refractivity contribution in [1.82, 2.24) is 0 Å². The Labute approximate surface area is 70.0 Å². The van der Waals surface area contributed by atoms with Crippen LogP contribution in [0.3, 0.4) is 0 Å². The molecule has 0 aromatic rings. The van der Waals surface area contributed by atoms with E-state index in [-0.39, 0.29) is 12.2 Å². The van der Waals surface area contributed by atoms with Crippen molar-refractivity contribution in [2.24, 2.45) is 5.92 Å². The van der Waals surface area contributed by atoms with E-state index in [1.807, 2.05) is 0 Å². The van der Waals surface area contributed by atoms with Crippen molar-refractivity contribution in [3.63, 3.8) is 0 Å². The number of ketones is 1. The molecule has 1 nitrogen and oxygen atoms in total. The molecule has 0 aromatic heterocycles. The quantitative estimate of drug-likeness (QED) is 0.653. The smallest absolute Gasteiger partial charge is 0.300 e. The van der Waals surface area contributed by atoms with Gasteiger partial charge in [-0.25, -0.2) is 0 Å². The Hall–Kier alpha value is -0.540. The molecular weight excluding hydrogens is 169 g/mol. The number of hydrogen-bond donors (Lipinski definition) is 0. The third kappa shape index (κ3) is 5.16. The van der Waals surface area contributed by atoms with Gasteiger partial charge < -0.3 is 0 Å². The average molecular weight is 182 g/mol. The summed E-state index contributed by atoms with van der Waals surface area (Å²) in [5, 5.41) is 0. The fraction of sp³-hybridized carbons (Fsp3) is 0.875. The highest BCUT2D eigenvalue weighted by Crippen LogP contribution is 2.25. The van der Waals surface area contributed by atoms with Crippen molar-refractivity contribution < 1.29 is 18.0 Å². The predicted molar refractivity (Wildman–Crippen MR) is 39.8 cm³/mol. The second kappa shape index (κ2) is 4.48. The monoisotopic (exact) mass is 182 g/mol. The molecule has 0 spiro atoms. The van der Waals surface area contributed by atoms with Crippen molar-refractivity contribution in [1.29, 1.82) is 0 Å². The molecule has 72 valence electrons. The van der Waals surface area contributed by atoms with Crippen molar-refractivity contribution >= 4 is 5.78 Å². The minimum absolute atomic E-state index is 0.0741. The fourth-order valence-corrected chi connectivity index (χ4v) is 1.03. The van der Waals surface area contributed by atoms with Crippen LogP contribution in [0, 0.1) is 5.92 Å². The van der Waals surface area contributed by atoms with Crippen molar-refractivity contribution in [2.75, 3.05) is 0 Å². The van der Waals surface area contributed by atoms with E-state index >= 15 is 0 Å². The van der Waals surface area contributed by atoms with E-state index in [0.29, 0.717) is 6.42 Å². The third-order valence-corrected chi connectivity index (χ3v) is 1.84. The lowest BCUT2D eigenvalue weighted by Gasteiger charge is -2.12. The number of hydrogen-bond acceptors (Lipinski definition) is 1. The zero-order valence-electron chi connectivity index (χ0n) is 7.24. The topological polar surface area (TPSA) is 17.1 Å². The molecule has 0 aromatic carbocycles. The second-order valence-electron chi connectivity index (χ2n) is 2.87. The molecule has 12 heavy (non-hydrogen) atoms. The molecule has 0 saturated carbocycles. The number of carbonyl (C=O) groups is 1. The van der Waals surface area contributed by atoms with Gasteiger partial charge in [0, 0.05) is 12.3 Å². The summed E-state index contributed by atoms with van der Waals surface area (Å²) in [4.78, 5) is 10.7. The van der Waals surface area contributed by atoms with Crippen LogP contribution in [0.2, 0.25) is 0 Å². The molecular formula is C8H13F3O. The highest BCUT2D eigenvalue weighted by atomic mass is 19.4. The molecule has 4 heteroatoms. The molecule has 0 radical (unpaired) electrons. The van der Waals surface area contributed by atoms with Crippen LogP contribution >= 0.6 is 0 Å². The molecule has 1 unspecified atom stereocenters. The van der Waals surface area contributed by atoms with Gasteiger partial charge in [-0.1, -0.05) is 6.92 Å². The Bertz CT molecular complexity index is 151. The van der Waals surface area contributed by atoms with Crippen molar-refractivity contribution in [2.45, 2.75) is 39.3 Å². The maximum atomic E-state index is 11.7. The van der Waals surface area contributed by atoms with E-state index in [1.165, 1.54) is 6.92 Å². The largest absolute Gasteiger partial charge is 0.389 e. The Balaban J connectivity index is 3.81. The number of rotatable bonds is 4. The van der Waals surface area contributed by atoms with Crippen molar-refractivity contribution in [3.05, 3.63) is 0 Å². The van der Waals surface area contributed by atoms with Gasteiger partial charge in [0.2, 0.25) is 0 Å². The Morgan fingerprint density at radius 2 is 1.92 bits per heavy atom. The third-order valence-electron chi connectivity index (χ3n) is 1.84. The first-order valence-corrected chi connectivity index (χ1v) is 3.94. The van der Waals surface area contributed by atoms with Gasteiger partial charge >= 0.3 is 6.18 Å². The maximum absolute atomic E-state index is 11.7. The van der Waals surface area contributed by atoms with Crippen LogP contribution in [0.1, 0.15) is 33.1 Å². The van der Waals surface area contributed by atoms with E-state index in [9.17, 15) is 18.0 Å². The molecule has 0 amide bonds. The van der Waals surface area contributed by atoms with Crippen LogP contribution in [-0.4, -0.2) is 12.0 Å². The van der Waals surface area contributed by atoms with Crippen LogP contribution < -0.4 is 0 Å². The van der Waals surface area contributed by atoms with Gasteiger partial charge in [0.15, 0.2) is 0 Å². The van der Waals surface area contributed by atoms with Crippen LogP contribution in [0.5, 0.6) is 0 Å². The molecule has 0 aliphatic carbocycles. The van der Waals surface area contributed by atoms with E-state index in [2.05, 4.69) is 0 Å². The SMILES string of the molecule is CCC(CCC(F)(F)F)C(C)=O. The number of alkyl halides is 3. The van der Waals surface area contributed by atoms with Gasteiger partial charge in [0.1, 0.15) is 5.78 Å². The molecule has 0 fully saturated rings. The summed E-state index contributed by atoms with van der Waals surface area (Å²) < 4.78 is 35.1. The van der Waals surface area contributed by atoms with Gasteiger partial charge in [0.05, 0.1) is 0 Å². The molecule has 0 saturated heterocycles. The molecule has 0 heterocycles. The summed E-state index contributed by atoms with van der Waals surface area (Å²) in [5.74, 6) is -0.576. The van der Waals surface area contributed by atoms with Crippen molar-refractivity contribution in [3.8, 4) is 0 Å². The average Bonchev–Trinajstić information content (AvgIpc) is 1.85. The van der Waals surface area contributed by atoms with E-state index in [4.69, 9.17) is 0 Å². The summed E-state index contributed by atoms with van der Waals surface area (Å²) in [7, 11) is 0. The van der Waals surface area contributed by atoms with Gasteiger partial charge in [-0.2, -0.15) is 13.2 Å². The zero-order valence-corrected chi connectivity index (χ0v) is 7.24. The molecule has 0 bridgehead atoms. The fourth-order valence-electron chi connectivity index (χ4n) is 1.03. The Morgan fingerprint density at radius 3 is 2.17 bits per heavy atom. The Morgan fingerprint density at radius 1 is 1.42 bits per heavy atom. The number of carbonyl (C=O) groups excluding carboxylic acids is 1. The Kier molecular flexibility index (Phi) is 4.28. The standard InChI is InChI=1S/C8H13F3O/c1-3-7(6(2)12)4-5-8(9,10)11/h7H,3-5H2,1-2H3. The lowest BCUT2D eigenvalue weighted by molar-refractivity contribution is -0.140. The minimum Gasteiger partial charge on any atom is -0.300 e. The summed E-state index contributed by atoms with van der Waals surface area (Å²) in [6.45, 7) is 3.06. The number of Topliss-reactive ketones (excluding diaryl/α,β-unsaturated/α-hetero) is 1. The highest BCUT2D eigenvalue weighted by molar-refractivity contribution is 5.78. The molecule has 0 aliphatic rings. The van der Waals surface area contributed by atoms with Gasteiger partial charge in [-0.05, 0) is 19.8 Å². The summed E-state index contributed by atoms with van der Waals surface area (Å²) >= 11 is 0. The van der Waals surface area contributed by atoms with Crippen LogP contribution in [0.4, 0.5) is 13.2 Å². The second-order valence-corrected chi connectivity index (χ2v) is 2.87. The lowest BCUT2D eigenvalue weighted by Crippen LogP contribution is -2.15.